The number of hydrogen-bond donors (Lipinski definition) is 2. The number of hydrogen-bond acceptors (Lipinski definition) is 6. The van der Waals surface area contributed by atoms with Crippen LogP contribution >= 0.6 is 0 Å². The van der Waals surface area contributed by atoms with E-state index in [0.717, 1.165) is 35.1 Å². The Bertz CT molecular complexity index is 1070. The summed E-state index contributed by atoms with van der Waals surface area (Å²) in [6.07, 6.45) is 11.6. The van der Waals surface area contributed by atoms with Gasteiger partial charge in [-0.1, -0.05) is 18.6 Å². The molecule has 0 amide bonds. The van der Waals surface area contributed by atoms with E-state index in [4.69, 9.17) is 10.1 Å². The zero-order valence-corrected chi connectivity index (χ0v) is 18.9. The minimum absolute atomic E-state index is 0.505. The zero-order valence-electron chi connectivity index (χ0n) is 18.9. The van der Waals surface area contributed by atoms with Crippen molar-refractivity contribution in [1.82, 2.24) is 30.0 Å². The van der Waals surface area contributed by atoms with E-state index in [1.165, 1.54) is 57.2 Å². The van der Waals surface area contributed by atoms with E-state index in [9.17, 15) is 0 Å². The second kappa shape index (κ2) is 8.45. The summed E-state index contributed by atoms with van der Waals surface area (Å²) in [5.74, 6) is 2.29. The summed E-state index contributed by atoms with van der Waals surface area (Å²) in [7, 11) is 2.20. The molecule has 2 aliphatic carbocycles. The Balaban J connectivity index is 1.11. The molecule has 7 nitrogen and oxygen atoms in total. The predicted molar refractivity (Wildman–Crippen MR) is 127 cm³/mol. The molecule has 3 aromatic rings. The van der Waals surface area contributed by atoms with E-state index in [1.54, 1.807) is 0 Å². The summed E-state index contributed by atoms with van der Waals surface area (Å²) in [4.78, 5) is 11.8. The van der Waals surface area contributed by atoms with Crippen LogP contribution in [0.5, 0.6) is 0 Å². The molecule has 2 N–H and O–H groups in total. The summed E-state index contributed by atoms with van der Waals surface area (Å²) in [5.41, 5.74) is 3.28. The van der Waals surface area contributed by atoms with Crippen molar-refractivity contribution in [2.75, 3.05) is 25.5 Å². The molecule has 6 rings (SSSR count). The van der Waals surface area contributed by atoms with Gasteiger partial charge in [-0.05, 0) is 81.8 Å². The third-order valence-corrected chi connectivity index (χ3v) is 7.87. The first kappa shape index (κ1) is 20.1. The maximum Gasteiger partial charge on any atom is 0.229 e. The van der Waals surface area contributed by atoms with Crippen LogP contribution in [0.4, 0.5) is 11.6 Å². The topological polar surface area (TPSA) is 70.9 Å². The lowest BCUT2D eigenvalue weighted by Crippen LogP contribution is -2.40. The van der Waals surface area contributed by atoms with Crippen LogP contribution in [0.3, 0.4) is 0 Å². The fraction of sp³-hybridized carbons (Fsp3) is 0.560. The van der Waals surface area contributed by atoms with Crippen molar-refractivity contribution in [1.29, 1.82) is 0 Å². The number of fused-ring (bicyclic) bond motifs is 3. The van der Waals surface area contributed by atoms with Crippen molar-refractivity contribution in [3.63, 3.8) is 0 Å². The maximum atomic E-state index is 4.85. The molecular formula is C25H33N7. The normalized spacial score (nSPS) is 26.2. The molecule has 3 atom stereocenters. The lowest BCUT2D eigenvalue weighted by Gasteiger charge is -2.29. The van der Waals surface area contributed by atoms with Gasteiger partial charge in [-0.3, -0.25) is 0 Å². The van der Waals surface area contributed by atoms with Gasteiger partial charge < -0.3 is 15.5 Å². The van der Waals surface area contributed by atoms with Gasteiger partial charge in [0.05, 0.1) is 17.6 Å². The number of likely N-dealkylation sites (tertiary alicyclic amines) is 1. The van der Waals surface area contributed by atoms with E-state index in [1.807, 2.05) is 12.4 Å². The molecule has 0 spiro atoms. The highest BCUT2D eigenvalue weighted by atomic mass is 15.3. The average Bonchev–Trinajstić information content (AvgIpc) is 3.55. The van der Waals surface area contributed by atoms with Gasteiger partial charge in [-0.2, -0.15) is 10.1 Å². The van der Waals surface area contributed by atoms with Gasteiger partial charge in [0.1, 0.15) is 0 Å². The van der Waals surface area contributed by atoms with Gasteiger partial charge in [0.15, 0.2) is 5.65 Å². The average molecular weight is 432 g/mol. The quantitative estimate of drug-likeness (QED) is 0.612. The number of aromatic nitrogens is 4. The SMILES string of the molecule is CN1CCC(NCc2ccc(Nc3ncc4cnn([C@H]5C[C@H]6CC[C@@H]5C6)c4n3)cc2)CC1. The van der Waals surface area contributed by atoms with E-state index < -0.39 is 0 Å². The summed E-state index contributed by atoms with van der Waals surface area (Å²) >= 11 is 0. The van der Waals surface area contributed by atoms with Crippen LogP contribution in [0.1, 0.15) is 50.1 Å². The number of nitrogens with one attached hydrogen (secondary N) is 2. The summed E-state index contributed by atoms with van der Waals surface area (Å²) in [6, 6.07) is 9.73. The fourth-order valence-corrected chi connectivity index (χ4v) is 5.96. The molecule has 1 aromatic carbocycles. The molecule has 0 unspecified atom stereocenters. The molecule has 2 aromatic heterocycles. The van der Waals surface area contributed by atoms with Crippen molar-refractivity contribution in [3.05, 3.63) is 42.2 Å². The van der Waals surface area contributed by atoms with Gasteiger partial charge in [0.2, 0.25) is 5.95 Å². The fourth-order valence-electron chi connectivity index (χ4n) is 5.96. The first-order valence-electron chi connectivity index (χ1n) is 12.2. The van der Waals surface area contributed by atoms with Crippen LogP contribution in [0.15, 0.2) is 36.7 Å². The van der Waals surface area contributed by atoms with Crippen LogP contribution in [-0.2, 0) is 6.54 Å². The van der Waals surface area contributed by atoms with Crippen LogP contribution in [-0.4, -0.2) is 50.8 Å². The largest absolute Gasteiger partial charge is 0.324 e. The van der Waals surface area contributed by atoms with E-state index >= 15 is 0 Å². The van der Waals surface area contributed by atoms with E-state index in [0.29, 0.717) is 18.0 Å². The molecule has 168 valence electrons. The predicted octanol–water partition coefficient (Wildman–Crippen LogP) is 4.11. The van der Waals surface area contributed by atoms with Crippen LogP contribution in [0.2, 0.25) is 0 Å². The lowest BCUT2D eigenvalue weighted by molar-refractivity contribution is 0.234. The zero-order chi connectivity index (χ0) is 21.5. The molecule has 7 heteroatoms. The van der Waals surface area contributed by atoms with Crippen molar-refractivity contribution >= 4 is 22.7 Å². The summed E-state index contributed by atoms with van der Waals surface area (Å²) in [5, 5.41) is 12.8. The Kier molecular flexibility index (Phi) is 5.31. The maximum absolute atomic E-state index is 4.85. The highest BCUT2D eigenvalue weighted by Crippen LogP contribution is 2.50. The second-order valence-electron chi connectivity index (χ2n) is 10.1. The number of rotatable bonds is 6. The van der Waals surface area contributed by atoms with Gasteiger partial charge >= 0.3 is 0 Å². The number of benzene rings is 1. The first-order chi connectivity index (χ1) is 15.7. The monoisotopic (exact) mass is 431 g/mol. The highest BCUT2D eigenvalue weighted by molar-refractivity contribution is 5.75. The molecule has 3 fully saturated rings. The van der Waals surface area contributed by atoms with Crippen LogP contribution in [0, 0.1) is 11.8 Å². The second-order valence-corrected chi connectivity index (χ2v) is 10.1. The molecule has 3 heterocycles. The smallest absolute Gasteiger partial charge is 0.229 e. The van der Waals surface area contributed by atoms with Crippen molar-refractivity contribution in [3.8, 4) is 0 Å². The molecule has 32 heavy (non-hydrogen) atoms. The minimum Gasteiger partial charge on any atom is -0.324 e. The Hall–Kier alpha value is -2.51. The number of piperidine rings is 1. The van der Waals surface area contributed by atoms with Gasteiger partial charge in [0.25, 0.3) is 0 Å². The molecular weight excluding hydrogens is 398 g/mol. The highest BCUT2D eigenvalue weighted by Gasteiger charge is 2.41. The molecule has 3 aliphatic rings. The van der Waals surface area contributed by atoms with Crippen LogP contribution < -0.4 is 10.6 Å². The van der Waals surface area contributed by atoms with Crippen molar-refractivity contribution in [2.24, 2.45) is 11.8 Å². The molecule has 1 aliphatic heterocycles. The summed E-state index contributed by atoms with van der Waals surface area (Å²) < 4.78 is 2.17. The van der Waals surface area contributed by atoms with Crippen molar-refractivity contribution in [2.45, 2.75) is 57.2 Å². The van der Waals surface area contributed by atoms with Gasteiger partial charge in [-0.25, -0.2) is 9.67 Å². The van der Waals surface area contributed by atoms with Gasteiger partial charge in [-0.15, -0.1) is 0 Å². The van der Waals surface area contributed by atoms with Gasteiger partial charge in [0, 0.05) is 24.5 Å². The molecule has 2 saturated carbocycles. The van der Waals surface area contributed by atoms with E-state index in [2.05, 4.69) is 56.5 Å². The standard InChI is InChI=1S/C25H33N7/c1-31-10-8-21(9-11-31)26-14-17-3-6-22(7-4-17)29-25-27-15-20-16-28-32(24(20)30-25)23-13-18-2-5-19(23)12-18/h3-4,6-7,15-16,18-19,21,23,26H,2,5,8-14H2,1H3,(H,27,29,30)/t18-,19+,23-/m0/s1. The third kappa shape index (κ3) is 3.99. The van der Waals surface area contributed by atoms with E-state index in [-0.39, 0.29) is 0 Å². The first-order valence-corrected chi connectivity index (χ1v) is 12.2. The third-order valence-electron chi connectivity index (χ3n) is 7.87. The minimum atomic E-state index is 0.505. The molecule has 2 bridgehead atoms. The summed E-state index contributed by atoms with van der Waals surface area (Å²) in [6.45, 7) is 3.29. The Morgan fingerprint density at radius 1 is 1.00 bits per heavy atom. The Morgan fingerprint density at radius 2 is 1.84 bits per heavy atom. The number of anilines is 2. The number of nitrogens with zero attached hydrogens (tertiary/aromatic N) is 5. The Labute approximate surface area is 189 Å². The van der Waals surface area contributed by atoms with Crippen LogP contribution in [0.25, 0.3) is 11.0 Å². The van der Waals surface area contributed by atoms with Crippen molar-refractivity contribution < 1.29 is 0 Å². The molecule has 0 radical (unpaired) electrons. The Morgan fingerprint density at radius 3 is 2.59 bits per heavy atom. The lowest BCUT2D eigenvalue weighted by atomic mass is 9.95. The molecule has 1 saturated heterocycles.